The molecule has 0 saturated heterocycles. The minimum atomic E-state index is 1.08. The Morgan fingerprint density at radius 2 is 1.90 bits per heavy atom. The number of allylic oxidation sites excluding steroid dienone is 4. The largest absolute Gasteiger partial charge is 0.256 e. The smallest absolute Gasteiger partial charge is 0.0714 e. The highest BCUT2D eigenvalue weighted by Crippen LogP contribution is 2.33. The van der Waals surface area contributed by atoms with Crippen molar-refractivity contribution in [3.63, 3.8) is 0 Å². The van der Waals surface area contributed by atoms with Crippen LogP contribution in [0.5, 0.6) is 0 Å². The first-order chi connectivity index (χ1) is 9.93. The lowest BCUT2D eigenvalue weighted by atomic mass is 9.92. The number of rotatable bonds is 1. The number of benzene rings is 2. The second kappa shape index (κ2) is 4.61. The van der Waals surface area contributed by atoms with E-state index in [-0.39, 0.29) is 0 Å². The maximum Gasteiger partial charge on any atom is 0.0714 e. The average Bonchev–Trinajstić information content (AvgIpc) is 2.55. The monoisotopic (exact) mass is 257 g/mol. The maximum absolute atomic E-state index is 4.54. The summed E-state index contributed by atoms with van der Waals surface area (Å²) in [7, 11) is 0. The van der Waals surface area contributed by atoms with Gasteiger partial charge in [-0.25, -0.2) is 0 Å². The average molecular weight is 257 g/mol. The molecule has 1 heterocycles. The summed E-state index contributed by atoms with van der Waals surface area (Å²) in [6.45, 7) is 0. The van der Waals surface area contributed by atoms with Gasteiger partial charge in [0.2, 0.25) is 0 Å². The van der Waals surface area contributed by atoms with Crippen molar-refractivity contribution in [2.45, 2.75) is 12.8 Å². The third kappa shape index (κ3) is 1.75. The summed E-state index contributed by atoms with van der Waals surface area (Å²) in [5.41, 5.74) is 3.82. The van der Waals surface area contributed by atoms with Gasteiger partial charge < -0.3 is 0 Å². The Hall–Kier alpha value is -2.41. The van der Waals surface area contributed by atoms with E-state index in [0.29, 0.717) is 0 Å². The van der Waals surface area contributed by atoms with E-state index in [0.717, 1.165) is 18.4 Å². The number of nitrogens with zero attached hydrogens (tertiary/aromatic N) is 1. The summed E-state index contributed by atoms with van der Waals surface area (Å²) >= 11 is 0. The summed E-state index contributed by atoms with van der Waals surface area (Å²) < 4.78 is 0. The number of hydrogen-bond acceptors (Lipinski definition) is 1. The number of pyridine rings is 1. The number of aromatic nitrogens is 1. The molecule has 0 spiro atoms. The molecule has 0 bridgehead atoms. The molecule has 0 saturated carbocycles. The maximum atomic E-state index is 4.54. The lowest BCUT2D eigenvalue weighted by molar-refractivity contribution is 1.06. The highest BCUT2D eigenvalue weighted by atomic mass is 14.6. The van der Waals surface area contributed by atoms with Crippen LogP contribution in [0.1, 0.15) is 18.4 Å². The molecule has 0 unspecified atom stereocenters. The van der Waals surface area contributed by atoms with Crippen molar-refractivity contribution in [2.75, 3.05) is 0 Å². The summed E-state index contributed by atoms with van der Waals surface area (Å²) in [4.78, 5) is 4.54. The first-order valence-electron chi connectivity index (χ1n) is 7.06. The third-order valence-corrected chi connectivity index (χ3v) is 3.99. The van der Waals surface area contributed by atoms with E-state index < -0.39 is 0 Å². The molecule has 1 aromatic heterocycles. The van der Waals surface area contributed by atoms with E-state index in [9.17, 15) is 0 Å². The molecule has 1 aliphatic rings. The molecule has 0 radical (unpaired) electrons. The molecule has 4 rings (SSSR count). The molecule has 96 valence electrons. The molecule has 3 aromatic rings. The van der Waals surface area contributed by atoms with E-state index in [1.54, 1.807) is 0 Å². The molecule has 0 atom stereocenters. The predicted molar refractivity (Wildman–Crippen MR) is 85.6 cm³/mol. The van der Waals surface area contributed by atoms with Crippen LogP contribution in [0.25, 0.3) is 27.2 Å². The van der Waals surface area contributed by atoms with Gasteiger partial charge in [0.1, 0.15) is 0 Å². The van der Waals surface area contributed by atoms with Crippen LogP contribution in [0.2, 0.25) is 0 Å². The van der Waals surface area contributed by atoms with Gasteiger partial charge in [-0.1, -0.05) is 48.6 Å². The fourth-order valence-electron chi connectivity index (χ4n) is 3.02. The molecule has 1 heteroatoms. The SMILES string of the molecule is C1=CCCC(c2ccnc3ccc4ccccc4c23)=C1. The van der Waals surface area contributed by atoms with Gasteiger partial charge in [-0.05, 0) is 46.9 Å². The molecule has 0 amide bonds. The summed E-state index contributed by atoms with van der Waals surface area (Å²) in [6.07, 6.45) is 10.8. The molecule has 2 aromatic carbocycles. The highest BCUT2D eigenvalue weighted by Gasteiger charge is 2.10. The third-order valence-electron chi connectivity index (χ3n) is 3.99. The van der Waals surface area contributed by atoms with Gasteiger partial charge in [0.05, 0.1) is 5.52 Å². The van der Waals surface area contributed by atoms with Crippen LogP contribution in [-0.4, -0.2) is 4.98 Å². The number of fused-ring (bicyclic) bond motifs is 3. The van der Waals surface area contributed by atoms with Gasteiger partial charge in [-0.3, -0.25) is 4.98 Å². The van der Waals surface area contributed by atoms with Gasteiger partial charge in [-0.2, -0.15) is 0 Å². The van der Waals surface area contributed by atoms with E-state index in [2.05, 4.69) is 65.7 Å². The molecular weight excluding hydrogens is 242 g/mol. The Balaban J connectivity index is 2.12. The Labute approximate surface area is 118 Å². The Kier molecular flexibility index (Phi) is 2.63. The second-order valence-electron chi connectivity index (χ2n) is 5.20. The van der Waals surface area contributed by atoms with Crippen LogP contribution in [0.15, 0.2) is 66.9 Å². The predicted octanol–water partition coefficient (Wildman–Crippen LogP) is 5.12. The van der Waals surface area contributed by atoms with Crippen molar-refractivity contribution >= 4 is 27.2 Å². The zero-order chi connectivity index (χ0) is 13.4. The second-order valence-corrected chi connectivity index (χ2v) is 5.20. The zero-order valence-corrected chi connectivity index (χ0v) is 11.2. The van der Waals surface area contributed by atoms with Crippen LogP contribution in [0, 0.1) is 0 Å². The number of hydrogen-bond donors (Lipinski definition) is 0. The van der Waals surface area contributed by atoms with Crippen molar-refractivity contribution in [3.05, 3.63) is 72.5 Å². The van der Waals surface area contributed by atoms with Crippen LogP contribution in [-0.2, 0) is 0 Å². The van der Waals surface area contributed by atoms with Gasteiger partial charge >= 0.3 is 0 Å². The molecule has 1 nitrogen and oxygen atoms in total. The van der Waals surface area contributed by atoms with Crippen LogP contribution in [0.4, 0.5) is 0 Å². The topological polar surface area (TPSA) is 12.9 Å². The van der Waals surface area contributed by atoms with E-state index in [1.165, 1.54) is 27.3 Å². The van der Waals surface area contributed by atoms with Crippen molar-refractivity contribution < 1.29 is 0 Å². The fourth-order valence-corrected chi connectivity index (χ4v) is 3.02. The normalized spacial score (nSPS) is 14.7. The minimum Gasteiger partial charge on any atom is -0.256 e. The van der Waals surface area contributed by atoms with Crippen molar-refractivity contribution in [2.24, 2.45) is 0 Å². The van der Waals surface area contributed by atoms with Gasteiger partial charge in [0.15, 0.2) is 0 Å². The van der Waals surface area contributed by atoms with Crippen LogP contribution < -0.4 is 0 Å². The lowest BCUT2D eigenvalue weighted by Crippen LogP contribution is -1.92. The first-order valence-corrected chi connectivity index (χ1v) is 7.06. The Morgan fingerprint density at radius 1 is 0.950 bits per heavy atom. The lowest BCUT2D eigenvalue weighted by Gasteiger charge is -2.13. The van der Waals surface area contributed by atoms with Crippen molar-refractivity contribution in [1.82, 2.24) is 4.98 Å². The van der Waals surface area contributed by atoms with E-state index in [4.69, 9.17) is 0 Å². The zero-order valence-electron chi connectivity index (χ0n) is 11.2. The van der Waals surface area contributed by atoms with Gasteiger partial charge in [-0.15, -0.1) is 0 Å². The quantitative estimate of drug-likeness (QED) is 0.551. The molecule has 0 fully saturated rings. The van der Waals surface area contributed by atoms with Crippen molar-refractivity contribution in [1.29, 1.82) is 0 Å². The molecule has 0 aliphatic heterocycles. The highest BCUT2D eigenvalue weighted by molar-refractivity contribution is 6.11. The van der Waals surface area contributed by atoms with Gasteiger partial charge in [0, 0.05) is 11.6 Å². The summed E-state index contributed by atoms with van der Waals surface area (Å²) in [5.74, 6) is 0. The Morgan fingerprint density at radius 3 is 2.80 bits per heavy atom. The summed E-state index contributed by atoms with van der Waals surface area (Å²) in [6, 6.07) is 15.0. The molecule has 1 aliphatic carbocycles. The molecule has 20 heavy (non-hydrogen) atoms. The first kappa shape index (κ1) is 11.4. The van der Waals surface area contributed by atoms with Crippen LogP contribution in [0.3, 0.4) is 0 Å². The minimum absolute atomic E-state index is 1.08. The summed E-state index contributed by atoms with van der Waals surface area (Å²) in [5, 5.41) is 3.86. The van der Waals surface area contributed by atoms with Crippen LogP contribution >= 0.6 is 0 Å². The Bertz CT molecular complexity index is 856. The van der Waals surface area contributed by atoms with E-state index >= 15 is 0 Å². The standard InChI is InChI=1S/C19H15N/c1-2-6-14(7-3-1)17-12-13-20-18-11-10-15-8-4-5-9-16(15)19(17)18/h1-2,4-6,8-13H,3,7H2. The van der Waals surface area contributed by atoms with Gasteiger partial charge in [0.25, 0.3) is 0 Å². The van der Waals surface area contributed by atoms with E-state index in [1.807, 2.05) is 6.20 Å². The fraction of sp³-hybridized carbons (Fsp3) is 0.105. The molecular formula is C19H15N. The van der Waals surface area contributed by atoms with Crippen molar-refractivity contribution in [3.8, 4) is 0 Å². The molecule has 0 N–H and O–H groups in total.